The zero-order valence-corrected chi connectivity index (χ0v) is 43.2. The second kappa shape index (κ2) is 19.4. The van der Waals surface area contributed by atoms with Crippen LogP contribution >= 0.6 is 0 Å². The van der Waals surface area contributed by atoms with Crippen molar-refractivity contribution in [3.63, 3.8) is 0 Å². The molecule has 2 N–H and O–H groups in total. The number of nitrogens with zero attached hydrogens (tertiary/aromatic N) is 5. The largest absolute Gasteiger partial charge is 0.484 e. The van der Waals surface area contributed by atoms with Crippen LogP contribution in [0.4, 0.5) is 16.4 Å². The van der Waals surface area contributed by atoms with E-state index in [1.807, 2.05) is 24.4 Å². The summed E-state index contributed by atoms with van der Waals surface area (Å²) in [4.78, 5) is 18.8. The van der Waals surface area contributed by atoms with Gasteiger partial charge in [0.2, 0.25) is 5.95 Å². The summed E-state index contributed by atoms with van der Waals surface area (Å²) in [6, 6.07) is 18.9. The second-order valence-corrected chi connectivity index (χ2v) is 31.9. The lowest BCUT2D eigenvalue weighted by Gasteiger charge is -2.38. The third-order valence-corrected chi connectivity index (χ3v) is 23.4. The molecule has 2 aromatic carbocycles. The zero-order valence-electron chi connectivity index (χ0n) is 41.2. The van der Waals surface area contributed by atoms with Gasteiger partial charge < -0.3 is 29.1 Å². The highest BCUT2D eigenvalue weighted by Crippen LogP contribution is 2.40. The number of carbonyl (C=O) groups is 1. The number of carbonyl (C=O) groups excluding carboxylic acids is 1. The molecule has 3 heterocycles. The minimum absolute atomic E-state index is 0.117. The van der Waals surface area contributed by atoms with Gasteiger partial charge in [0.15, 0.2) is 22.3 Å². The molecule has 4 aromatic rings. The number of hydrogen-bond donors (Lipinski definition) is 2. The number of benzene rings is 2. The minimum Gasteiger partial charge on any atom is -0.484 e. The summed E-state index contributed by atoms with van der Waals surface area (Å²) < 4.78 is 22.2. The molecule has 2 aromatic heterocycles. The van der Waals surface area contributed by atoms with Gasteiger partial charge in [0.05, 0.1) is 12.2 Å². The van der Waals surface area contributed by atoms with Crippen LogP contribution in [0.5, 0.6) is 5.75 Å². The van der Waals surface area contributed by atoms with Gasteiger partial charge >= 0.3 is 6.03 Å². The summed E-state index contributed by atoms with van der Waals surface area (Å²) in [6.07, 6.45) is 6.94. The summed E-state index contributed by atoms with van der Waals surface area (Å²) in [7, 11) is -3.82. The molecule has 11 nitrogen and oxygen atoms in total. The maximum Gasteiger partial charge on any atom is 0.319 e. The predicted octanol–water partition coefficient (Wildman–Crippen LogP) is 12.0. The lowest BCUT2D eigenvalue weighted by molar-refractivity contribution is 0.160. The van der Waals surface area contributed by atoms with E-state index in [1.165, 1.54) is 12.0 Å². The monoisotopic (exact) mass is 898 g/mol. The Balaban J connectivity index is 1.16. The van der Waals surface area contributed by atoms with Crippen molar-refractivity contribution in [2.45, 2.75) is 168 Å². The Labute approximate surface area is 381 Å². The van der Waals surface area contributed by atoms with Crippen LogP contribution in [0.1, 0.15) is 136 Å². The summed E-state index contributed by atoms with van der Waals surface area (Å²) in [5.74, 6) is 1.65. The van der Waals surface area contributed by atoms with E-state index in [9.17, 15) is 4.79 Å². The first-order valence-corrected chi connectivity index (χ1v) is 29.3. The minimum atomic E-state index is -1.91. The topological polar surface area (TPSA) is 105 Å². The number of nitrogens with one attached hydrogen (secondary N) is 2. The van der Waals surface area contributed by atoms with Crippen molar-refractivity contribution in [3.05, 3.63) is 83.0 Å². The first kappa shape index (κ1) is 48.7. The first-order chi connectivity index (χ1) is 29.4. The summed E-state index contributed by atoms with van der Waals surface area (Å²) in [5, 5.41) is 15.9. The molecule has 1 fully saturated rings. The zero-order chi connectivity index (χ0) is 46.0. The molecule has 0 bridgehead atoms. The molecule has 1 aliphatic carbocycles. The molecular formula is C50H79N7O4Si2. The van der Waals surface area contributed by atoms with Crippen molar-refractivity contribution in [2.75, 3.05) is 43.1 Å². The molecule has 63 heavy (non-hydrogen) atoms. The van der Waals surface area contributed by atoms with Crippen molar-refractivity contribution >= 4 is 39.9 Å². The highest BCUT2D eigenvalue weighted by Gasteiger charge is 2.38. The maximum atomic E-state index is 14.0. The van der Waals surface area contributed by atoms with Crippen LogP contribution in [0.2, 0.25) is 36.3 Å². The normalized spacial score (nSPS) is 19.0. The van der Waals surface area contributed by atoms with Gasteiger partial charge in [-0.1, -0.05) is 92.6 Å². The summed E-state index contributed by atoms with van der Waals surface area (Å²) in [6.45, 7) is 36.6. The number of hydrogen-bond acceptors (Lipinski definition) is 8. The molecule has 13 heteroatoms. The lowest BCUT2D eigenvalue weighted by atomic mass is 9.85. The summed E-state index contributed by atoms with van der Waals surface area (Å²) >= 11 is 0. The van der Waals surface area contributed by atoms with E-state index in [4.69, 9.17) is 13.6 Å². The molecule has 2 amide bonds. The molecule has 2 aliphatic rings. The van der Waals surface area contributed by atoms with Crippen LogP contribution in [0.15, 0.2) is 60.8 Å². The van der Waals surface area contributed by atoms with Crippen LogP contribution in [0.3, 0.4) is 0 Å². The third-order valence-electron chi connectivity index (χ3n) is 14.3. The third kappa shape index (κ3) is 12.1. The highest BCUT2D eigenvalue weighted by molar-refractivity contribution is 6.74. The van der Waals surface area contributed by atoms with Crippen molar-refractivity contribution in [2.24, 2.45) is 0 Å². The number of piperidine rings is 1. The Hall–Kier alpha value is -3.76. The van der Waals surface area contributed by atoms with Crippen LogP contribution in [0, 0.1) is 0 Å². The fraction of sp³-hybridized carbons (Fsp3) is 0.620. The Kier molecular flexibility index (Phi) is 15.0. The Morgan fingerprint density at radius 2 is 1.46 bits per heavy atom. The van der Waals surface area contributed by atoms with Gasteiger partial charge in [0.25, 0.3) is 0 Å². The average Bonchev–Trinajstić information content (AvgIpc) is 3.60. The van der Waals surface area contributed by atoms with Crippen LogP contribution in [-0.4, -0.2) is 81.1 Å². The number of rotatable bonds is 15. The van der Waals surface area contributed by atoms with Gasteiger partial charge in [-0.3, -0.25) is 9.30 Å². The molecule has 3 atom stereocenters. The van der Waals surface area contributed by atoms with Crippen LogP contribution in [0.25, 0.3) is 5.65 Å². The summed E-state index contributed by atoms with van der Waals surface area (Å²) in [5.41, 5.74) is 5.99. The number of ether oxygens (including phenoxy) is 1. The SMILES string of the molecule is C[C@H]1CCCCN1c1nnc2ccc(O[C@@H]3CC[C@H](NC(=O)Nc4cc(CN(CCO[Si](C)(C)C(C)(C)C)CCO[Si](C)(C)C(C)(C)C)cc(C(C)(C)C)c4)c4ccccc43)cn12. The van der Waals surface area contributed by atoms with Gasteiger partial charge in [-0.25, -0.2) is 4.79 Å². The van der Waals surface area contributed by atoms with E-state index in [0.717, 1.165) is 91.6 Å². The van der Waals surface area contributed by atoms with Crippen molar-refractivity contribution in [1.82, 2.24) is 24.8 Å². The van der Waals surface area contributed by atoms with Crippen molar-refractivity contribution in [1.29, 1.82) is 0 Å². The van der Waals surface area contributed by atoms with Gasteiger partial charge in [0, 0.05) is 51.1 Å². The number of fused-ring (bicyclic) bond motifs is 2. The Morgan fingerprint density at radius 1 is 0.810 bits per heavy atom. The molecule has 0 radical (unpaired) electrons. The van der Waals surface area contributed by atoms with Gasteiger partial charge in [-0.2, -0.15) is 0 Å². The maximum absolute atomic E-state index is 14.0. The number of anilines is 2. The fourth-order valence-corrected chi connectivity index (χ4v) is 10.2. The van der Waals surface area contributed by atoms with Crippen molar-refractivity contribution in [3.8, 4) is 5.75 Å². The smallest absolute Gasteiger partial charge is 0.319 e. The number of pyridine rings is 1. The van der Waals surface area contributed by atoms with E-state index >= 15 is 0 Å². The Morgan fingerprint density at radius 3 is 2.08 bits per heavy atom. The van der Waals surface area contributed by atoms with E-state index in [-0.39, 0.29) is 33.7 Å². The van der Waals surface area contributed by atoms with Crippen LogP contribution in [-0.2, 0) is 20.8 Å². The van der Waals surface area contributed by atoms with Gasteiger partial charge in [-0.05, 0) is 127 Å². The van der Waals surface area contributed by atoms with Crippen molar-refractivity contribution < 1.29 is 18.4 Å². The molecule has 0 unspecified atom stereocenters. The molecule has 1 saturated heterocycles. The van der Waals surface area contributed by atoms with Crippen LogP contribution < -0.4 is 20.3 Å². The molecule has 6 rings (SSSR count). The van der Waals surface area contributed by atoms with Gasteiger partial charge in [-0.15, -0.1) is 10.2 Å². The van der Waals surface area contributed by atoms with E-state index < -0.39 is 16.6 Å². The highest BCUT2D eigenvalue weighted by atomic mass is 28.4. The van der Waals surface area contributed by atoms with E-state index in [0.29, 0.717) is 19.3 Å². The van der Waals surface area contributed by atoms with Gasteiger partial charge in [0.1, 0.15) is 11.9 Å². The molecular weight excluding hydrogens is 819 g/mol. The first-order valence-electron chi connectivity index (χ1n) is 23.5. The molecule has 346 valence electrons. The van der Waals surface area contributed by atoms with E-state index in [1.54, 1.807) is 0 Å². The lowest BCUT2D eigenvalue weighted by Crippen LogP contribution is -2.44. The quantitative estimate of drug-likeness (QED) is 0.114. The number of amides is 2. The number of urea groups is 1. The second-order valence-electron chi connectivity index (χ2n) is 22.3. The Bertz CT molecular complexity index is 2140. The molecule has 1 aliphatic heterocycles. The predicted molar refractivity (Wildman–Crippen MR) is 264 cm³/mol. The number of aromatic nitrogens is 3. The fourth-order valence-electron chi connectivity index (χ4n) is 8.14. The standard InChI is InChI=1S/C50H79N7O4Si2/c1-36-19-17-18-26-56(36)47-54-53-45-25-22-40(35-57(45)47)61-44-24-23-43(41-20-15-16-21-42(41)44)52-46(58)51-39-32-37(31-38(33-39)48(2,3)4)34-55(27-29-59-62(11,12)49(5,6)7)28-30-60-63(13,14)50(8,9)10/h15-16,20-22,25,31-33,35-36,43-44H,17-19,23-24,26-30,34H2,1-14H3,(H2,51,52,58)/t36-,43-,44+/m0/s1. The average molecular weight is 898 g/mol. The molecule has 0 saturated carbocycles. The molecule has 0 spiro atoms. The van der Waals surface area contributed by atoms with E-state index in [2.05, 4.69) is 167 Å².